The minimum absolute atomic E-state index is 0.160. The quantitative estimate of drug-likeness (QED) is 0.324. The van der Waals surface area contributed by atoms with Crippen LogP contribution in [-0.4, -0.2) is 64.8 Å². The van der Waals surface area contributed by atoms with Gasteiger partial charge in [-0.1, -0.05) is 18.2 Å². The van der Waals surface area contributed by atoms with Gasteiger partial charge in [0.25, 0.3) is 0 Å². The lowest BCUT2D eigenvalue weighted by Crippen LogP contribution is -2.48. The third-order valence-electron chi connectivity index (χ3n) is 6.40. The summed E-state index contributed by atoms with van der Waals surface area (Å²) in [5.74, 6) is 0.239. The van der Waals surface area contributed by atoms with Crippen molar-refractivity contribution in [1.82, 2.24) is 5.32 Å². The lowest BCUT2D eigenvalue weighted by atomic mass is 9.94. The number of benzene rings is 2. The van der Waals surface area contributed by atoms with Crippen LogP contribution in [0.2, 0.25) is 0 Å². The van der Waals surface area contributed by atoms with E-state index in [4.69, 9.17) is 31.2 Å². The Hall–Kier alpha value is -3.14. The van der Waals surface area contributed by atoms with Crippen molar-refractivity contribution in [3.63, 3.8) is 0 Å². The third kappa shape index (κ3) is 5.48. The van der Waals surface area contributed by atoms with Crippen LogP contribution in [0.25, 0.3) is 0 Å². The molecule has 1 atom stereocenters. The number of thiocarbonyl (C=S) groups is 1. The Bertz CT molecular complexity index is 1130. The molecule has 9 heteroatoms. The molecule has 2 aromatic rings. The molecule has 0 amide bonds. The fourth-order valence-electron chi connectivity index (χ4n) is 4.52. The molecule has 192 valence electrons. The maximum Gasteiger partial charge on any atom is 0.338 e. The van der Waals surface area contributed by atoms with Crippen molar-refractivity contribution in [3.8, 4) is 5.75 Å². The maximum atomic E-state index is 13.4. The molecule has 1 N–H and O–H groups in total. The van der Waals surface area contributed by atoms with Gasteiger partial charge in [0.2, 0.25) is 0 Å². The molecule has 1 fully saturated rings. The zero-order valence-electron chi connectivity index (χ0n) is 21.2. The summed E-state index contributed by atoms with van der Waals surface area (Å²) >= 11 is 5.82. The number of carbonyl (C=O) groups is 1. The van der Waals surface area contributed by atoms with Gasteiger partial charge in [-0.05, 0) is 61.5 Å². The highest BCUT2D eigenvalue weighted by atomic mass is 32.1. The highest BCUT2D eigenvalue weighted by molar-refractivity contribution is 7.80. The van der Waals surface area contributed by atoms with Crippen molar-refractivity contribution >= 4 is 34.7 Å². The first-order chi connectivity index (χ1) is 17.4. The summed E-state index contributed by atoms with van der Waals surface area (Å²) < 4.78 is 21.7. The van der Waals surface area contributed by atoms with Crippen molar-refractivity contribution in [2.24, 2.45) is 0 Å². The van der Waals surface area contributed by atoms with Crippen LogP contribution in [0.15, 0.2) is 53.7 Å². The largest absolute Gasteiger partial charge is 0.495 e. The molecule has 0 aromatic heterocycles. The number of nitrogens with zero attached hydrogens (tertiary/aromatic N) is 2. The van der Waals surface area contributed by atoms with Gasteiger partial charge in [-0.25, -0.2) is 4.79 Å². The molecule has 0 spiro atoms. The summed E-state index contributed by atoms with van der Waals surface area (Å²) in [4.78, 5) is 17.5. The van der Waals surface area contributed by atoms with Crippen LogP contribution in [0.4, 0.5) is 11.4 Å². The maximum absolute atomic E-state index is 13.4. The molecule has 2 heterocycles. The number of nitrogens with one attached hydrogen (secondary N) is 1. The van der Waals surface area contributed by atoms with Gasteiger partial charge >= 0.3 is 5.97 Å². The Morgan fingerprint density at radius 3 is 2.47 bits per heavy atom. The number of hydrogen-bond donors (Lipinski definition) is 1. The van der Waals surface area contributed by atoms with Crippen LogP contribution in [0.5, 0.6) is 5.75 Å². The Morgan fingerprint density at radius 1 is 1.08 bits per heavy atom. The van der Waals surface area contributed by atoms with Crippen molar-refractivity contribution < 1.29 is 23.7 Å². The average molecular weight is 512 g/mol. The number of aryl methyl sites for hydroxylation is 1. The van der Waals surface area contributed by atoms with Crippen LogP contribution in [0.1, 0.15) is 24.1 Å². The van der Waals surface area contributed by atoms with E-state index in [9.17, 15) is 4.79 Å². The van der Waals surface area contributed by atoms with E-state index in [0.717, 1.165) is 48.8 Å². The van der Waals surface area contributed by atoms with E-state index in [0.29, 0.717) is 28.7 Å². The number of esters is 1. The standard InChI is InChI=1S/C27H33N3O5S/c1-18-5-10-23(33-4)22(17-18)30-19(2)24(26(31)35-16-15-32-3)25(28-27(30)36)20-6-8-21(9-7-20)29-11-13-34-14-12-29/h5-10,17,25H,11-16H2,1-4H3,(H,28,36)/t25-/m1/s1. The Balaban J connectivity index is 1.73. The number of carbonyl (C=O) groups excluding carboxylic acids is 1. The van der Waals surface area contributed by atoms with Gasteiger partial charge in [0, 0.05) is 31.6 Å². The van der Waals surface area contributed by atoms with Crippen LogP contribution in [0, 0.1) is 6.92 Å². The van der Waals surface area contributed by atoms with E-state index < -0.39 is 12.0 Å². The van der Waals surface area contributed by atoms with Crippen molar-refractivity contribution in [3.05, 3.63) is 64.9 Å². The molecule has 1 saturated heterocycles. The van der Waals surface area contributed by atoms with Gasteiger partial charge in [-0.3, -0.25) is 4.90 Å². The lowest BCUT2D eigenvalue weighted by Gasteiger charge is -2.38. The third-order valence-corrected chi connectivity index (χ3v) is 6.70. The van der Waals surface area contributed by atoms with Crippen LogP contribution in [0.3, 0.4) is 0 Å². The van der Waals surface area contributed by atoms with Gasteiger partial charge in [0.1, 0.15) is 12.4 Å². The second-order valence-electron chi connectivity index (χ2n) is 8.71. The molecule has 0 aliphatic carbocycles. The minimum atomic E-state index is -0.460. The van der Waals surface area contributed by atoms with Gasteiger partial charge in [0.05, 0.1) is 44.2 Å². The van der Waals surface area contributed by atoms with Crippen LogP contribution in [-0.2, 0) is 19.0 Å². The molecule has 2 aromatic carbocycles. The summed E-state index contributed by atoms with van der Waals surface area (Å²) in [6, 6.07) is 13.6. The molecule has 0 bridgehead atoms. The predicted molar refractivity (Wildman–Crippen MR) is 144 cm³/mol. The number of rotatable bonds is 8. The lowest BCUT2D eigenvalue weighted by molar-refractivity contribution is -0.140. The Kier molecular flexibility index (Phi) is 8.45. The van der Waals surface area contributed by atoms with Gasteiger partial charge in [0.15, 0.2) is 5.11 Å². The van der Waals surface area contributed by atoms with E-state index in [1.54, 1.807) is 14.2 Å². The zero-order valence-corrected chi connectivity index (χ0v) is 22.0. The first kappa shape index (κ1) is 25.9. The number of hydrogen-bond acceptors (Lipinski definition) is 7. The first-order valence-corrected chi connectivity index (χ1v) is 12.4. The smallest absolute Gasteiger partial charge is 0.338 e. The number of anilines is 2. The predicted octanol–water partition coefficient (Wildman–Crippen LogP) is 3.74. The SMILES string of the molecule is COCCOC(=O)C1=C(C)N(c2cc(C)ccc2OC)C(=S)N[C@@H]1c1ccc(N2CCOCC2)cc1. The Morgan fingerprint density at radius 2 is 1.81 bits per heavy atom. The van der Waals surface area contributed by atoms with Crippen molar-refractivity contribution in [2.75, 3.05) is 63.5 Å². The number of ether oxygens (including phenoxy) is 4. The van der Waals surface area contributed by atoms with E-state index in [-0.39, 0.29) is 6.61 Å². The van der Waals surface area contributed by atoms with Gasteiger partial charge < -0.3 is 29.2 Å². The molecule has 0 radical (unpaired) electrons. The minimum Gasteiger partial charge on any atom is -0.495 e. The molecule has 0 saturated carbocycles. The molecular formula is C27H33N3O5S. The molecule has 36 heavy (non-hydrogen) atoms. The first-order valence-electron chi connectivity index (χ1n) is 12.0. The van der Waals surface area contributed by atoms with E-state index in [1.165, 1.54) is 0 Å². The highest BCUT2D eigenvalue weighted by Crippen LogP contribution is 2.38. The summed E-state index contributed by atoms with van der Waals surface area (Å²) in [5.41, 5.74) is 5.02. The molecule has 2 aliphatic rings. The summed E-state index contributed by atoms with van der Waals surface area (Å²) in [7, 11) is 3.19. The van der Waals surface area contributed by atoms with Crippen molar-refractivity contribution in [1.29, 1.82) is 0 Å². The summed E-state index contributed by atoms with van der Waals surface area (Å²) in [6.45, 7) is 7.52. The van der Waals surface area contributed by atoms with Crippen LogP contribution >= 0.6 is 12.2 Å². The molecule has 8 nitrogen and oxygen atoms in total. The van der Waals surface area contributed by atoms with E-state index in [1.807, 2.05) is 49.1 Å². The molecule has 2 aliphatic heterocycles. The summed E-state index contributed by atoms with van der Waals surface area (Å²) in [6.07, 6.45) is 0. The van der Waals surface area contributed by atoms with Crippen molar-refractivity contribution in [2.45, 2.75) is 19.9 Å². The molecular weight excluding hydrogens is 478 g/mol. The number of methoxy groups -OCH3 is 2. The molecule has 0 unspecified atom stereocenters. The zero-order chi connectivity index (χ0) is 25.7. The topological polar surface area (TPSA) is 72.5 Å². The molecule has 4 rings (SSSR count). The average Bonchev–Trinajstić information content (AvgIpc) is 2.89. The van der Waals surface area contributed by atoms with Gasteiger partial charge in [-0.15, -0.1) is 0 Å². The Labute approximate surface area is 217 Å². The fraction of sp³-hybridized carbons (Fsp3) is 0.407. The second kappa shape index (κ2) is 11.7. The number of morpholine rings is 1. The van der Waals surface area contributed by atoms with Gasteiger partial charge in [-0.2, -0.15) is 0 Å². The van der Waals surface area contributed by atoms with E-state index >= 15 is 0 Å². The van der Waals surface area contributed by atoms with E-state index in [2.05, 4.69) is 22.3 Å². The normalized spacial score (nSPS) is 18.2. The number of allylic oxidation sites excluding steroid dienone is 1. The monoisotopic (exact) mass is 511 g/mol. The summed E-state index contributed by atoms with van der Waals surface area (Å²) in [5, 5.41) is 3.86. The second-order valence-corrected chi connectivity index (χ2v) is 9.10. The highest BCUT2D eigenvalue weighted by Gasteiger charge is 2.36. The fourth-order valence-corrected chi connectivity index (χ4v) is 4.87. The van der Waals surface area contributed by atoms with Crippen LogP contribution < -0.4 is 19.9 Å².